The SMILES string of the molecule is CN(c1ccccc1-c1ccc2cnc(Cc3ccc4c(c3)NC(=O)C4(C)C)nn12)S(C)(=O)=O. The average Bonchev–Trinajstić information content (AvgIpc) is 3.30. The van der Waals surface area contributed by atoms with Gasteiger partial charge in [-0.1, -0.05) is 30.3 Å². The first-order chi connectivity index (χ1) is 16.1. The summed E-state index contributed by atoms with van der Waals surface area (Å²) in [5.41, 5.74) is 5.15. The van der Waals surface area contributed by atoms with E-state index in [0.717, 1.165) is 33.6 Å². The van der Waals surface area contributed by atoms with Crippen molar-refractivity contribution in [1.82, 2.24) is 14.6 Å². The molecule has 0 atom stereocenters. The molecule has 174 valence electrons. The van der Waals surface area contributed by atoms with E-state index in [1.807, 2.05) is 62.4 Å². The number of carbonyl (C=O) groups excluding carboxylic acids is 1. The van der Waals surface area contributed by atoms with E-state index >= 15 is 0 Å². The molecular weight excluding hydrogens is 450 g/mol. The molecule has 1 aliphatic rings. The van der Waals surface area contributed by atoms with Gasteiger partial charge >= 0.3 is 0 Å². The van der Waals surface area contributed by atoms with Crippen LogP contribution in [0, 0.1) is 0 Å². The molecule has 0 fully saturated rings. The molecule has 0 bridgehead atoms. The van der Waals surface area contributed by atoms with Crippen LogP contribution < -0.4 is 9.62 Å². The number of benzene rings is 2. The van der Waals surface area contributed by atoms with Crippen LogP contribution in [-0.4, -0.2) is 42.2 Å². The van der Waals surface area contributed by atoms with Crippen molar-refractivity contribution in [3.63, 3.8) is 0 Å². The number of hydrogen-bond acceptors (Lipinski definition) is 5. The van der Waals surface area contributed by atoms with Crippen molar-refractivity contribution in [3.05, 3.63) is 77.7 Å². The van der Waals surface area contributed by atoms with E-state index in [2.05, 4.69) is 10.3 Å². The normalized spacial score (nSPS) is 14.8. The molecule has 0 saturated heterocycles. The lowest BCUT2D eigenvalue weighted by molar-refractivity contribution is -0.119. The Hall–Kier alpha value is -3.72. The predicted molar refractivity (Wildman–Crippen MR) is 133 cm³/mol. The molecule has 0 radical (unpaired) electrons. The molecule has 3 heterocycles. The zero-order chi connectivity index (χ0) is 24.3. The van der Waals surface area contributed by atoms with Crippen molar-refractivity contribution in [2.45, 2.75) is 25.7 Å². The van der Waals surface area contributed by atoms with E-state index in [4.69, 9.17) is 5.10 Å². The number of fused-ring (bicyclic) bond motifs is 2. The van der Waals surface area contributed by atoms with E-state index in [0.29, 0.717) is 17.9 Å². The summed E-state index contributed by atoms with van der Waals surface area (Å²) in [6.45, 7) is 3.83. The summed E-state index contributed by atoms with van der Waals surface area (Å²) >= 11 is 0. The monoisotopic (exact) mass is 475 g/mol. The van der Waals surface area contributed by atoms with Gasteiger partial charge in [-0.25, -0.2) is 17.9 Å². The molecule has 2 aromatic carbocycles. The van der Waals surface area contributed by atoms with Crippen molar-refractivity contribution >= 4 is 32.8 Å². The third kappa shape index (κ3) is 3.62. The Kier molecular flexibility index (Phi) is 4.98. The van der Waals surface area contributed by atoms with E-state index in [1.165, 1.54) is 17.6 Å². The maximum absolute atomic E-state index is 12.3. The van der Waals surface area contributed by atoms with Gasteiger partial charge in [0.05, 0.1) is 34.8 Å². The first kappa shape index (κ1) is 22.1. The Labute approximate surface area is 198 Å². The van der Waals surface area contributed by atoms with Crippen molar-refractivity contribution in [1.29, 1.82) is 0 Å². The fourth-order valence-corrected chi connectivity index (χ4v) is 4.81. The van der Waals surface area contributed by atoms with E-state index in [1.54, 1.807) is 16.8 Å². The third-order valence-electron chi connectivity index (χ3n) is 6.40. The second-order valence-corrected chi connectivity index (χ2v) is 11.1. The molecule has 8 nitrogen and oxygen atoms in total. The highest BCUT2D eigenvalue weighted by atomic mass is 32.2. The Morgan fingerprint density at radius 3 is 2.62 bits per heavy atom. The first-order valence-electron chi connectivity index (χ1n) is 10.9. The highest BCUT2D eigenvalue weighted by molar-refractivity contribution is 7.92. The molecule has 4 aromatic rings. The Balaban J connectivity index is 1.53. The molecule has 1 N–H and O–H groups in total. The second kappa shape index (κ2) is 7.66. The fraction of sp³-hybridized carbons (Fsp3) is 0.240. The minimum absolute atomic E-state index is 0.00738. The number of carbonyl (C=O) groups is 1. The van der Waals surface area contributed by atoms with Crippen molar-refractivity contribution < 1.29 is 13.2 Å². The molecule has 1 amide bonds. The molecular formula is C25H25N5O3S. The largest absolute Gasteiger partial charge is 0.325 e. The first-order valence-corrected chi connectivity index (χ1v) is 12.7. The molecule has 5 rings (SSSR count). The molecule has 0 aliphatic carbocycles. The molecule has 9 heteroatoms. The van der Waals surface area contributed by atoms with Crippen LogP contribution in [-0.2, 0) is 26.7 Å². The van der Waals surface area contributed by atoms with Crippen LogP contribution in [0.2, 0.25) is 0 Å². The van der Waals surface area contributed by atoms with Crippen molar-refractivity contribution in [3.8, 4) is 11.3 Å². The number of anilines is 2. The summed E-state index contributed by atoms with van der Waals surface area (Å²) in [5, 5.41) is 7.72. The van der Waals surface area contributed by atoms with Crippen LogP contribution in [0.15, 0.2) is 60.8 Å². The quantitative estimate of drug-likeness (QED) is 0.476. The summed E-state index contributed by atoms with van der Waals surface area (Å²) < 4.78 is 27.4. The van der Waals surface area contributed by atoms with Gasteiger partial charge in [0.1, 0.15) is 0 Å². The van der Waals surface area contributed by atoms with Crippen LogP contribution in [0.25, 0.3) is 16.8 Å². The number of nitrogens with one attached hydrogen (secondary N) is 1. The highest BCUT2D eigenvalue weighted by Crippen LogP contribution is 2.38. The fourth-order valence-electron chi connectivity index (χ4n) is 4.30. The van der Waals surface area contributed by atoms with Crippen LogP contribution in [0.1, 0.15) is 30.8 Å². The van der Waals surface area contributed by atoms with Gasteiger partial charge in [0.15, 0.2) is 5.82 Å². The number of aromatic nitrogens is 3. The Morgan fingerprint density at radius 1 is 1.09 bits per heavy atom. The number of amides is 1. The molecule has 0 saturated carbocycles. The molecule has 0 unspecified atom stereocenters. The molecule has 2 aromatic heterocycles. The minimum atomic E-state index is -3.43. The van der Waals surface area contributed by atoms with Crippen LogP contribution >= 0.6 is 0 Å². The lowest BCUT2D eigenvalue weighted by Crippen LogP contribution is -2.26. The lowest BCUT2D eigenvalue weighted by atomic mass is 9.86. The second-order valence-electron chi connectivity index (χ2n) is 9.11. The van der Waals surface area contributed by atoms with Crippen molar-refractivity contribution in [2.24, 2.45) is 0 Å². The van der Waals surface area contributed by atoms with E-state index < -0.39 is 15.4 Å². The predicted octanol–water partition coefficient (Wildman–Crippen LogP) is 3.61. The number of nitrogens with zero attached hydrogens (tertiary/aromatic N) is 4. The number of rotatable bonds is 5. The number of hydrogen-bond donors (Lipinski definition) is 1. The lowest BCUT2D eigenvalue weighted by Gasteiger charge is -2.20. The van der Waals surface area contributed by atoms with Gasteiger partial charge in [0, 0.05) is 24.7 Å². The van der Waals surface area contributed by atoms with Crippen LogP contribution in [0.4, 0.5) is 11.4 Å². The van der Waals surface area contributed by atoms with Gasteiger partial charge in [-0.3, -0.25) is 9.10 Å². The van der Waals surface area contributed by atoms with Gasteiger partial charge < -0.3 is 5.32 Å². The Bertz CT molecular complexity index is 1560. The standard InChI is InChI=1S/C25H25N5O3S/c1-25(2)19-11-9-16(13-20(19)27-24(25)31)14-23-26-15-17-10-12-22(30(17)28-23)18-7-5-6-8-21(18)29(3)34(4,32)33/h5-13,15H,14H2,1-4H3,(H,27,31). The number of sulfonamides is 1. The minimum Gasteiger partial charge on any atom is -0.325 e. The van der Waals surface area contributed by atoms with Crippen LogP contribution in [0.3, 0.4) is 0 Å². The topological polar surface area (TPSA) is 96.7 Å². The summed E-state index contributed by atoms with van der Waals surface area (Å²) in [6.07, 6.45) is 3.43. The zero-order valence-electron chi connectivity index (χ0n) is 19.4. The zero-order valence-corrected chi connectivity index (χ0v) is 20.2. The maximum atomic E-state index is 12.3. The van der Waals surface area contributed by atoms with Crippen LogP contribution in [0.5, 0.6) is 0 Å². The summed E-state index contributed by atoms with van der Waals surface area (Å²) in [4.78, 5) is 16.8. The third-order valence-corrected chi connectivity index (χ3v) is 7.59. The smallest absolute Gasteiger partial charge is 0.234 e. The summed E-state index contributed by atoms with van der Waals surface area (Å²) in [6, 6.07) is 17.1. The average molecular weight is 476 g/mol. The van der Waals surface area contributed by atoms with E-state index in [-0.39, 0.29) is 5.91 Å². The molecule has 34 heavy (non-hydrogen) atoms. The van der Waals surface area contributed by atoms with Gasteiger partial charge in [0.25, 0.3) is 0 Å². The summed E-state index contributed by atoms with van der Waals surface area (Å²) in [5.74, 6) is 0.606. The molecule has 0 spiro atoms. The summed E-state index contributed by atoms with van der Waals surface area (Å²) in [7, 11) is -1.89. The van der Waals surface area contributed by atoms with E-state index in [9.17, 15) is 13.2 Å². The van der Waals surface area contributed by atoms with Gasteiger partial charge in [0.2, 0.25) is 15.9 Å². The van der Waals surface area contributed by atoms with Gasteiger partial charge in [-0.2, -0.15) is 5.10 Å². The number of para-hydroxylation sites is 1. The van der Waals surface area contributed by atoms with Gasteiger partial charge in [-0.15, -0.1) is 0 Å². The van der Waals surface area contributed by atoms with Crippen molar-refractivity contribution in [2.75, 3.05) is 22.9 Å². The highest BCUT2D eigenvalue weighted by Gasteiger charge is 2.38. The van der Waals surface area contributed by atoms with Gasteiger partial charge in [-0.05, 0) is 49.2 Å². The molecule has 1 aliphatic heterocycles. The maximum Gasteiger partial charge on any atom is 0.234 e. The Morgan fingerprint density at radius 2 is 1.85 bits per heavy atom.